The number of thioether (sulfide) groups is 2. The third kappa shape index (κ3) is 2.38. The van der Waals surface area contributed by atoms with Crippen LogP contribution in [0.25, 0.3) is 0 Å². The third-order valence-corrected chi connectivity index (χ3v) is 7.29. The molecule has 1 amide bonds. The minimum atomic E-state index is -1.09. The maximum absolute atomic E-state index is 11.9. The predicted octanol–water partition coefficient (Wildman–Crippen LogP) is 0.782. The molecule has 6 nitrogen and oxygen atoms in total. The number of hydrogen-bond donors (Lipinski definition) is 3. The van der Waals surface area contributed by atoms with Gasteiger partial charge in [0.15, 0.2) is 5.70 Å². The number of aliphatic hydroxyl groups is 1. The molecular weight excluding hydrogens is 312 g/mol. The maximum atomic E-state index is 11.9. The van der Waals surface area contributed by atoms with Gasteiger partial charge in [-0.05, 0) is 32.9 Å². The van der Waals surface area contributed by atoms with E-state index in [1.165, 1.54) is 16.7 Å². The van der Waals surface area contributed by atoms with Gasteiger partial charge >= 0.3 is 5.97 Å². The third-order valence-electron chi connectivity index (χ3n) is 4.13. The van der Waals surface area contributed by atoms with Crippen LogP contribution in [0.4, 0.5) is 0 Å². The molecule has 0 bridgehead atoms. The Bertz CT molecular complexity index is 516. The Hall–Kier alpha value is -0.700. The van der Waals surface area contributed by atoms with Crippen molar-refractivity contribution in [1.29, 1.82) is 0 Å². The molecule has 8 heteroatoms. The van der Waals surface area contributed by atoms with Crippen molar-refractivity contribution in [2.45, 2.75) is 42.4 Å². The van der Waals surface area contributed by atoms with Gasteiger partial charge in [0, 0.05) is 5.25 Å². The highest BCUT2D eigenvalue weighted by molar-refractivity contribution is 8.23. The number of carbonyl (C=O) groups is 2. The van der Waals surface area contributed by atoms with E-state index in [1.54, 1.807) is 18.7 Å². The molecule has 2 fully saturated rings. The minimum absolute atomic E-state index is 0.0562. The summed E-state index contributed by atoms with van der Waals surface area (Å²) in [5.41, 5.74) is 0.0562. The SMILES string of the molecule is C[C@H](O)C12CC(=O)N1C(C(=O)O)=C(SC1CCNCC1)S2. The summed E-state index contributed by atoms with van der Waals surface area (Å²) in [5, 5.41) is 23.1. The van der Waals surface area contributed by atoms with E-state index >= 15 is 0 Å². The maximum Gasteiger partial charge on any atom is 0.354 e. The van der Waals surface area contributed by atoms with Crippen LogP contribution in [0.15, 0.2) is 9.93 Å². The number of carbonyl (C=O) groups excluding carboxylic acids is 1. The summed E-state index contributed by atoms with van der Waals surface area (Å²) in [4.78, 5) is 23.9. The number of piperidine rings is 1. The van der Waals surface area contributed by atoms with Gasteiger partial charge in [-0.25, -0.2) is 4.79 Å². The molecule has 1 unspecified atom stereocenters. The van der Waals surface area contributed by atoms with Crippen LogP contribution in [0.3, 0.4) is 0 Å². The van der Waals surface area contributed by atoms with Crippen molar-refractivity contribution >= 4 is 35.4 Å². The van der Waals surface area contributed by atoms with Crippen LogP contribution in [0.1, 0.15) is 26.2 Å². The Morgan fingerprint density at radius 1 is 1.52 bits per heavy atom. The largest absolute Gasteiger partial charge is 0.477 e. The van der Waals surface area contributed by atoms with E-state index < -0.39 is 16.9 Å². The van der Waals surface area contributed by atoms with Gasteiger partial charge in [0.1, 0.15) is 4.87 Å². The zero-order valence-electron chi connectivity index (χ0n) is 11.7. The second-order valence-electron chi connectivity index (χ2n) is 5.54. The lowest BCUT2D eigenvalue weighted by molar-refractivity contribution is -0.155. The van der Waals surface area contributed by atoms with Crippen molar-refractivity contribution in [2.24, 2.45) is 0 Å². The van der Waals surface area contributed by atoms with Gasteiger partial charge in [-0.15, -0.1) is 11.8 Å². The fourth-order valence-corrected chi connectivity index (χ4v) is 6.28. The number of β-lactam (4-membered cyclic amide) rings is 1. The summed E-state index contributed by atoms with van der Waals surface area (Å²) in [6.07, 6.45) is 1.40. The first kappa shape index (κ1) is 15.2. The molecule has 3 N–H and O–H groups in total. The summed E-state index contributed by atoms with van der Waals surface area (Å²) in [7, 11) is 0. The number of nitrogens with zero attached hydrogens (tertiary/aromatic N) is 1. The molecule has 0 saturated carbocycles. The lowest BCUT2D eigenvalue weighted by atomic mass is 9.95. The van der Waals surface area contributed by atoms with Crippen molar-refractivity contribution < 1.29 is 19.8 Å². The molecule has 21 heavy (non-hydrogen) atoms. The van der Waals surface area contributed by atoms with Crippen LogP contribution in [0.5, 0.6) is 0 Å². The van der Waals surface area contributed by atoms with Gasteiger partial charge in [0.2, 0.25) is 5.91 Å². The number of aliphatic hydroxyl groups excluding tert-OH is 1. The lowest BCUT2D eigenvalue weighted by Crippen LogP contribution is -2.64. The average Bonchev–Trinajstić information content (AvgIpc) is 2.69. The van der Waals surface area contributed by atoms with Gasteiger partial charge in [-0.1, -0.05) is 11.8 Å². The molecule has 116 valence electrons. The molecule has 0 aromatic rings. The predicted molar refractivity (Wildman–Crippen MR) is 81.6 cm³/mol. The van der Waals surface area contributed by atoms with Gasteiger partial charge in [0.05, 0.1) is 16.8 Å². The topological polar surface area (TPSA) is 89.9 Å². The standard InChI is InChI=1S/C13H18N2O4S2/c1-7(16)13-6-9(17)15(13)10(11(18)19)12(21-13)20-8-2-4-14-5-3-8/h7-8,14,16H,2-6H2,1H3,(H,18,19)/t7-,13?/m0/s1. The zero-order valence-corrected chi connectivity index (χ0v) is 13.3. The number of carboxylic acid groups (broad SMARTS) is 1. The first-order valence-electron chi connectivity index (χ1n) is 7.01. The second kappa shape index (κ2) is 5.49. The van der Waals surface area contributed by atoms with Crippen LogP contribution in [-0.2, 0) is 9.59 Å². The summed E-state index contributed by atoms with van der Waals surface area (Å²) in [6, 6.07) is 0. The number of amides is 1. The van der Waals surface area contributed by atoms with E-state index in [0.29, 0.717) is 9.49 Å². The number of nitrogens with one attached hydrogen (secondary N) is 1. The molecular formula is C13H18N2O4S2. The number of carboxylic acids is 1. The van der Waals surface area contributed by atoms with Crippen molar-refractivity contribution in [3.63, 3.8) is 0 Å². The minimum Gasteiger partial charge on any atom is -0.477 e. The molecule has 3 aliphatic rings. The van der Waals surface area contributed by atoms with Crippen LogP contribution in [0.2, 0.25) is 0 Å². The molecule has 3 aliphatic heterocycles. The number of hydrogen-bond acceptors (Lipinski definition) is 6. The van der Waals surface area contributed by atoms with Gasteiger partial charge in [-0.3, -0.25) is 9.69 Å². The molecule has 0 aromatic heterocycles. The summed E-state index contributed by atoms with van der Waals surface area (Å²) in [5.74, 6) is -1.31. The fraction of sp³-hybridized carbons (Fsp3) is 0.692. The van der Waals surface area contributed by atoms with Gasteiger partial charge in [0.25, 0.3) is 0 Å². The Kier molecular flexibility index (Phi) is 3.98. The Labute approximate surface area is 131 Å². The highest BCUT2D eigenvalue weighted by Crippen LogP contribution is 2.60. The summed E-state index contributed by atoms with van der Waals surface area (Å²) < 4.78 is 0.668. The summed E-state index contributed by atoms with van der Waals surface area (Å²) >= 11 is 2.89. The Morgan fingerprint density at radius 2 is 2.19 bits per heavy atom. The van der Waals surface area contributed by atoms with Crippen LogP contribution in [-0.4, -0.2) is 56.3 Å². The first-order valence-corrected chi connectivity index (χ1v) is 8.70. The number of aliphatic carboxylic acids is 1. The lowest BCUT2D eigenvalue weighted by Gasteiger charge is -2.48. The second-order valence-corrected chi connectivity index (χ2v) is 8.43. The molecule has 0 spiro atoms. The van der Waals surface area contributed by atoms with Gasteiger partial charge in [-0.2, -0.15) is 0 Å². The Morgan fingerprint density at radius 3 is 2.71 bits per heavy atom. The molecule has 3 heterocycles. The average molecular weight is 330 g/mol. The van der Waals surface area contributed by atoms with Crippen LogP contribution in [0, 0.1) is 0 Å². The zero-order chi connectivity index (χ0) is 15.2. The molecule has 0 aromatic carbocycles. The molecule has 0 radical (unpaired) electrons. The molecule has 2 saturated heterocycles. The molecule has 2 atom stereocenters. The van der Waals surface area contributed by atoms with Crippen LogP contribution < -0.4 is 5.32 Å². The Balaban J connectivity index is 1.87. The van der Waals surface area contributed by atoms with E-state index in [4.69, 9.17) is 0 Å². The molecule has 0 aliphatic carbocycles. The van der Waals surface area contributed by atoms with Crippen molar-refractivity contribution in [3.8, 4) is 0 Å². The van der Waals surface area contributed by atoms with E-state index in [2.05, 4.69) is 5.32 Å². The van der Waals surface area contributed by atoms with Crippen molar-refractivity contribution in [3.05, 3.63) is 9.93 Å². The van der Waals surface area contributed by atoms with E-state index in [9.17, 15) is 19.8 Å². The van der Waals surface area contributed by atoms with E-state index in [0.717, 1.165) is 25.9 Å². The highest BCUT2D eigenvalue weighted by Gasteiger charge is 2.63. The fourth-order valence-electron chi connectivity index (χ4n) is 2.94. The smallest absolute Gasteiger partial charge is 0.354 e. The van der Waals surface area contributed by atoms with Crippen molar-refractivity contribution in [2.75, 3.05) is 13.1 Å². The number of rotatable bonds is 4. The molecule has 3 rings (SSSR count). The van der Waals surface area contributed by atoms with Crippen LogP contribution >= 0.6 is 23.5 Å². The van der Waals surface area contributed by atoms with Crippen molar-refractivity contribution in [1.82, 2.24) is 10.2 Å². The summed E-state index contributed by atoms with van der Waals surface area (Å²) in [6.45, 7) is 3.48. The van der Waals surface area contributed by atoms with E-state index in [1.807, 2.05) is 0 Å². The monoisotopic (exact) mass is 330 g/mol. The van der Waals surface area contributed by atoms with E-state index in [-0.39, 0.29) is 18.0 Å². The first-order chi connectivity index (χ1) is 9.95. The number of fused-ring (bicyclic) bond motifs is 1. The normalized spacial score (nSPS) is 31.1. The van der Waals surface area contributed by atoms with Gasteiger partial charge < -0.3 is 15.5 Å². The quantitative estimate of drug-likeness (QED) is 0.656. The highest BCUT2D eigenvalue weighted by atomic mass is 32.2.